The van der Waals surface area contributed by atoms with E-state index in [1.807, 2.05) is 6.92 Å². The van der Waals surface area contributed by atoms with Crippen molar-refractivity contribution in [2.24, 2.45) is 34.5 Å². The van der Waals surface area contributed by atoms with Gasteiger partial charge < -0.3 is 5.11 Å². The number of carbonyl (C=O) groups excluding carboxylic acids is 2. The Morgan fingerprint density at radius 1 is 0.897 bits per heavy atom. The van der Waals surface area contributed by atoms with Crippen LogP contribution in [-0.4, -0.2) is 34.4 Å². The molecule has 0 radical (unpaired) electrons. The lowest BCUT2D eigenvalue weighted by atomic mass is 9.44. The highest BCUT2D eigenvalue weighted by Crippen LogP contribution is 2.70. The van der Waals surface area contributed by atoms with Crippen molar-refractivity contribution < 1.29 is 36.6 Å². The monoisotopic (exact) mass is 422 g/mol. The predicted octanol–water partition coefficient (Wildman–Crippen LogP) is 4.71. The van der Waals surface area contributed by atoms with Crippen molar-refractivity contribution in [3.05, 3.63) is 0 Å². The van der Waals surface area contributed by atoms with Gasteiger partial charge in [0.05, 0.1) is 0 Å². The highest BCUT2D eigenvalue weighted by atomic mass is 19.4. The Kier molecular flexibility index (Phi) is 4.39. The maximum absolute atomic E-state index is 14.4. The van der Waals surface area contributed by atoms with Gasteiger partial charge in [0.1, 0.15) is 5.60 Å². The highest BCUT2D eigenvalue weighted by Gasteiger charge is 2.79. The molecule has 0 amide bonds. The van der Waals surface area contributed by atoms with E-state index in [0.717, 1.165) is 0 Å². The van der Waals surface area contributed by atoms with Crippen molar-refractivity contribution in [1.82, 2.24) is 0 Å². The maximum Gasteiger partial charge on any atom is 0.456 e. The second kappa shape index (κ2) is 6.01. The van der Waals surface area contributed by atoms with Gasteiger partial charge in [0, 0.05) is 17.8 Å². The number of halogens is 5. The molecule has 4 aliphatic carbocycles. The number of carbonyl (C=O) groups is 2. The molecular formula is C21H27F5O3. The third kappa shape index (κ3) is 2.44. The summed E-state index contributed by atoms with van der Waals surface area (Å²) in [5.41, 5.74) is -5.09. The quantitative estimate of drug-likeness (QED) is 0.492. The molecule has 4 saturated carbocycles. The average Bonchev–Trinajstić information content (AvgIpc) is 2.90. The van der Waals surface area contributed by atoms with Gasteiger partial charge in [-0.2, -0.15) is 22.0 Å². The summed E-state index contributed by atoms with van der Waals surface area (Å²) in [6.07, 6.45) is -4.11. The van der Waals surface area contributed by atoms with Gasteiger partial charge in [0.15, 0.2) is 5.78 Å². The first-order valence-corrected chi connectivity index (χ1v) is 10.4. The molecule has 0 aromatic rings. The van der Waals surface area contributed by atoms with Crippen LogP contribution in [0.5, 0.6) is 0 Å². The summed E-state index contributed by atoms with van der Waals surface area (Å²) in [4.78, 5) is 24.4. The third-order valence-corrected chi connectivity index (χ3v) is 9.38. The Balaban J connectivity index is 1.69. The highest BCUT2D eigenvalue weighted by molar-refractivity contribution is 6.38. The molecule has 29 heavy (non-hydrogen) atoms. The van der Waals surface area contributed by atoms with Crippen LogP contribution in [0.15, 0.2) is 0 Å². The van der Waals surface area contributed by atoms with E-state index in [9.17, 15) is 36.6 Å². The lowest BCUT2D eigenvalue weighted by Crippen LogP contribution is -2.66. The van der Waals surface area contributed by atoms with Crippen LogP contribution in [0, 0.1) is 34.5 Å². The largest absolute Gasteiger partial charge is 0.456 e. The molecule has 0 aromatic carbocycles. The van der Waals surface area contributed by atoms with Crippen molar-refractivity contribution in [1.29, 1.82) is 0 Å². The van der Waals surface area contributed by atoms with Gasteiger partial charge in [-0.25, -0.2) is 0 Å². The number of hydrogen-bond acceptors (Lipinski definition) is 3. The van der Waals surface area contributed by atoms with Crippen molar-refractivity contribution in [2.75, 3.05) is 0 Å². The minimum absolute atomic E-state index is 0.00164. The van der Waals surface area contributed by atoms with E-state index in [2.05, 4.69) is 0 Å². The average molecular weight is 422 g/mol. The number of hydrogen-bond donors (Lipinski definition) is 1. The molecule has 8 heteroatoms. The van der Waals surface area contributed by atoms with Crippen molar-refractivity contribution in [3.63, 3.8) is 0 Å². The predicted molar refractivity (Wildman–Crippen MR) is 93.1 cm³/mol. The summed E-state index contributed by atoms with van der Waals surface area (Å²) in [5.74, 6) is -6.84. The number of rotatable bonds is 1. The lowest BCUT2D eigenvalue weighted by Gasteiger charge is -2.60. The number of alkyl halides is 5. The summed E-state index contributed by atoms with van der Waals surface area (Å²) >= 11 is 0. The van der Waals surface area contributed by atoms with Gasteiger partial charge in [0.2, 0.25) is 5.78 Å². The van der Waals surface area contributed by atoms with E-state index in [0.29, 0.717) is 25.7 Å². The molecule has 4 fully saturated rings. The fraction of sp³-hybridized carbons (Fsp3) is 0.905. The van der Waals surface area contributed by atoms with E-state index in [1.54, 1.807) is 0 Å². The molecular weight excluding hydrogens is 395 g/mol. The summed E-state index contributed by atoms with van der Waals surface area (Å²) < 4.78 is 68.4. The zero-order valence-electron chi connectivity index (χ0n) is 16.6. The fourth-order valence-corrected chi connectivity index (χ4v) is 7.71. The third-order valence-electron chi connectivity index (χ3n) is 9.38. The van der Waals surface area contributed by atoms with E-state index >= 15 is 0 Å². The molecule has 164 valence electrons. The Morgan fingerprint density at radius 3 is 2.14 bits per heavy atom. The van der Waals surface area contributed by atoms with Crippen LogP contribution in [0.2, 0.25) is 0 Å². The SMILES string of the molecule is C[C@]12CCC(=O)C(=O)C1CC[C@@H]1[C@H]2CC[C@@]2(C)[C@H]1CCC2(O)C(F)(F)C(F)(F)F. The normalized spacial score (nSPS) is 48.1. The van der Waals surface area contributed by atoms with E-state index in [-0.39, 0.29) is 48.6 Å². The van der Waals surface area contributed by atoms with Gasteiger partial charge in [-0.1, -0.05) is 13.8 Å². The summed E-state index contributed by atoms with van der Waals surface area (Å²) in [7, 11) is 0. The van der Waals surface area contributed by atoms with E-state index < -0.39 is 40.9 Å². The first-order valence-electron chi connectivity index (χ1n) is 10.4. The summed E-state index contributed by atoms with van der Waals surface area (Å²) in [5, 5.41) is 10.8. The van der Waals surface area contributed by atoms with Crippen LogP contribution >= 0.6 is 0 Å². The molecule has 0 aliphatic heterocycles. The second-order valence-corrected chi connectivity index (χ2v) is 10.2. The standard InChI is InChI=1S/C21H27F5O3/c1-17-8-7-15(27)16(28)14(17)4-3-11-12(17)5-9-18(2)13(11)6-10-19(18,29)20(22,23)21(24,25)26/h11-14,29H,3-10H2,1-2H3/t11-,12-,13+,14?,17-,18+,19?/m1/s1. The van der Waals surface area contributed by atoms with Crippen LogP contribution in [0.3, 0.4) is 0 Å². The van der Waals surface area contributed by atoms with Gasteiger partial charge in [0.25, 0.3) is 0 Å². The van der Waals surface area contributed by atoms with Gasteiger partial charge in [-0.05, 0) is 68.1 Å². The Morgan fingerprint density at radius 2 is 1.52 bits per heavy atom. The number of ketones is 2. The lowest BCUT2D eigenvalue weighted by molar-refractivity contribution is -0.364. The van der Waals surface area contributed by atoms with Crippen molar-refractivity contribution in [2.45, 2.75) is 82.9 Å². The molecule has 0 heterocycles. The van der Waals surface area contributed by atoms with Crippen LogP contribution in [0.25, 0.3) is 0 Å². The molecule has 1 N–H and O–H groups in total. The summed E-state index contributed by atoms with van der Waals surface area (Å²) in [6, 6.07) is 0. The number of Topliss-reactive ketones (excluding diaryl/α,β-unsaturated/α-hetero) is 2. The van der Waals surface area contributed by atoms with Crippen molar-refractivity contribution >= 4 is 11.6 Å². The Bertz CT molecular complexity index is 749. The minimum Gasteiger partial charge on any atom is -0.383 e. The molecule has 0 bridgehead atoms. The van der Waals surface area contributed by atoms with E-state index in [4.69, 9.17) is 0 Å². The maximum atomic E-state index is 14.4. The molecule has 0 spiro atoms. The molecule has 4 rings (SSSR count). The molecule has 4 aliphatic rings. The minimum atomic E-state index is -5.81. The zero-order valence-corrected chi connectivity index (χ0v) is 16.6. The molecule has 3 nitrogen and oxygen atoms in total. The van der Waals surface area contributed by atoms with Crippen LogP contribution in [0.4, 0.5) is 22.0 Å². The molecule has 2 unspecified atom stereocenters. The van der Waals surface area contributed by atoms with Gasteiger partial charge in [-0.15, -0.1) is 0 Å². The first kappa shape index (κ1) is 21.2. The number of fused-ring (bicyclic) bond motifs is 5. The topological polar surface area (TPSA) is 54.4 Å². The molecule has 0 aromatic heterocycles. The van der Waals surface area contributed by atoms with Gasteiger partial charge in [-0.3, -0.25) is 9.59 Å². The smallest absolute Gasteiger partial charge is 0.383 e. The zero-order chi connectivity index (χ0) is 21.6. The molecule has 7 atom stereocenters. The van der Waals surface area contributed by atoms with Gasteiger partial charge >= 0.3 is 12.1 Å². The Hall–Kier alpha value is -1.05. The van der Waals surface area contributed by atoms with Crippen LogP contribution < -0.4 is 0 Å². The fourth-order valence-electron chi connectivity index (χ4n) is 7.71. The van der Waals surface area contributed by atoms with E-state index in [1.165, 1.54) is 6.92 Å². The van der Waals surface area contributed by atoms with Crippen LogP contribution in [-0.2, 0) is 9.59 Å². The molecule has 0 saturated heterocycles. The second-order valence-electron chi connectivity index (χ2n) is 10.2. The van der Waals surface area contributed by atoms with Crippen molar-refractivity contribution in [3.8, 4) is 0 Å². The Labute approximate surface area is 166 Å². The first-order chi connectivity index (χ1) is 13.2. The van der Waals surface area contributed by atoms with Crippen LogP contribution in [0.1, 0.15) is 65.2 Å². The summed E-state index contributed by atoms with van der Waals surface area (Å²) in [6.45, 7) is 3.37. The number of aliphatic hydroxyl groups is 1.